The molecule has 0 unspecified atom stereocenters. The van der Waals surface area contributed by atoms with E-state index in [0.29, 0.717) is 0 Å². The first-order chi connectivity index (χ1) is 0. The Hall–Kier alpha value is 3.04. The van der Waals surface area contributed by atoms with Gasteiger partial charge in [0.1, 0.15) is 0 Å². The van der Waals surface area contributed by atoms with Crippen molar-refractivity contribution in [3.8, 4) is 0 Å². The van der Waals surface area contributed by atoms with Gasteiger partial charge in [0.2, 0.25) is 0 Å². The zero-order valence-corrected chi connectivity index (χ0v) is 6.88. The van der Waals surface area contributed by atoms with E-state index in [1.165, 1.54) is 0 Å². The van der Waals surface area contributed by atoms with Crippen LogP contribution in [0.2, 0.25) is 0 Å². The summed E-state index contributed by atoms with van der Waals surface area (Å²) in [5.41, 5.74) is 0. The van der Waals surface area contributed by atoms with Gasteiger partial charge in [-0.1, -0.05) is 0 Å². The van der Waals surface area contributed by atoms with Gasteiger partial charge < -0.3 is 2.85 Å². The molecule has 0 heterocycles. The molecule has 0 nitrogen and oxygen atoms in total. The van der Waals surface area contributed by atoms with Gasteiger partial charge in [-0.25, -0.2) is 0 Å². The molecule has 0 aromatic rings. The van der Waals surface area contributed by atoms with Gasteiger partial charge in [-0.2, -0.15) is 0 Å². The summed E-state index contributed by atoms with van der Waals surface area (Å²) in [6, 6.07) is 0. The third-order valence-electron chi connectivity index (χ3n) is 0. The first kappa shape index (κ1) is 27.8. The van der Waals surface area contributed by atoms with Crippen LogP contribution in [0.25, 0.3) is 0 Å². The molecule has 0 aliphatic rings. The first-order valence-corrected chi connectivity index (χ1v) is 0. The Morgan fingerprint density at radius 2 is 1.00 bits per heavy atom. The van der Waals surface area contributed by atoms with Crippen LogP contribution < -0.4 is 0 Å². The predicted molar refractivity (Wildman–Crippen MR) is 17.9 cm³/mol. The summed E-state index contributed by atoms with van der Waals surface area (Å²) >= 11 is 0. The van der Waals surface area contributed by atoms with Crippen molar-refractivity contribution >= 4 is 40.4 Å². The Morgan fingerprint density at radius 3 is 1.00 bits per heavy atom. The molecular weight excluding hydrogens is 141 g/mol. The normalized spacial score (nSPS) is 0. The molecule has 0 rings (SSSR count). The zero-order chi connectivity index (χ0) is 0. The van der Waals surface area contributed by atoms with Crippen molar-refractivity contribution in [2.75, 3.05) is 0 Å². The second-order valence-electron chi connectivity index (χ2n) is 0. The van der Waals surface area contributed by atoms with Crippen LogP contribution in [0.3, 0.4) is 0 Å². The van der Waals surface area contributed by atoms with E-state index >= 15 is 0 Å². The number of hydrogen-bond acceptors (Lipinski definition) is 0. The summed E-state index contributed by atoms with van der Waals surface area (Å²) in [5, 5.41) is 0. The van der Waals surface area contributed by atoms with Crippen LogP contribution in [0.15, 0.2) is 0 Å². The zero-order valence-electron chi connectivity index (χ0n) is 3.86. The van der Waals surface area contributed by atoms with Crippen molar-refractivity contribution in [1.82, 2.24) is 0 Å². The molecule has 0 saturated heterocycles. The molecule has 0 spiro atoms. The molecule has 0 N–H and O–H groups in total. The number of hydrogen-bond donors (Lipinski definition) is 0. The average Bonchev–Trinajstić information content (AvgIpc) is 0. The molecule has 0 aliphatic heterocycles. The van der Waals surface area contributed by atoms with Crippen LogP contribution >= 0.6 is 0 Å². The largest absolute Gasteiger partial charge is 2.00 e. The van der Waals surface area contributed by atoms with E-state index in [9.17, 15) is 0 Å². The average molecular weight is 146 g/mol. The molecule has 0 aromatic carbocycles. The quantitative estimate of drug-likeness (QED) is 0.371. The number of rotatable bonds is 0. The Morgan fingerprint density at radius 1 is 1.00 bits per heavy atom. The van der Waals surface area contributed by atoms with Crippen molar-refractivity contribution in [3.05, 3.63) is 0 Å². The van der Waals surface area contributed by atoms with E-state index in [2.05, 4.69) is 0 Å². The molecule has 2 radical (unpaired) electrons. The molecule has 16 valence electrons. The van der Waals surface area contributed by atoms with Crippen molar-refractivity contribution in [1.29, 1.82) is 0 Å². The van der Waals surface area contributed by atoms with E-state index in [1.807, 2.05) is 0 Å². The van der Waals surface area contributed by atoms with Crippen LogP contribution in [0.4, 0.5) is 0 Å². The Kier molecular flexibility index (Phi) is 115. The summed E-state index contributed by atoms with van der Waals surface area (Å²) in [7, 11) is 0. The fraction of sp³-hybridized carbons (Fsp3) is 0. The first-order valence-electron chi connectivity index (χ1n) is 0. The Balaban J connectivity index is 0. The van der Waals surface area contributed by atoms with Gasteiger partial charge >= 0.3 is 23.1 Å². The molecule has 0 aliphatic carbocycles. The summed E-state index contributed by atoms with van der Waals surface area (Å²) in [6.07, 6.45) is 0. The SMILES string of the molecule is [AlH3].[H-].[H-].[Mg+2].[Sc].[Sc]. The molecule has 0 bridgehead atoms. The van der Waals surface area contributed by atoms with Crippen molar-refractivity contribution in [3.63, 3.8) is 0 Å². The van der Waals surface area contributed by atoms with Crippen molar-refractivity contribution in [2.24, 2.45) is 0 Å². The third kappa shape index (κ3) is 8.90. The maximum absolute atomic E-state index is 0. The molecule has 0 fully saturated rings. The summed E-state index contributed by atoms with van der Waals surface area (Å²) in [6.45, 7) is 0. The third-order valence-corrected chi connectivity index (χ3v) is 0. The molecule has 4 heteroatoms. The Labute approximate surface area is 93.3 Å². The minimum Gasteiger partial charge on any atom is -1.00 e. The van der Waals surface area contributed by atoms with Crippen molar-refractivity contribution < 1.29 is 54.5 Å². The topological polar surface area (TPSA) is 0 Å². The maximum atomic E-state index is 0. The van der Waals surface area contributed by atoms with Gasteiger partial charge in [0.05, 0.1) is 0 Å². The summed E-state index contributed by atoms with van der Waals surface area (Å²) < 4.78 is 0. The standard InChI is InChI=1S/Al.Mg.2Sc.5H/q;+2;;;;;;2*-1. The van der Waals surface area contributed by atoms with E-state index in [1.54, 1.807) is 0 Å². The monoisotopic (exact) mass is 146 g/mol. The van der Waals surface area contributed by atoms with Gasteiger partial charge in [0.15, 0.2) is 17.4 Å². The predicted octanol–water partition coefficient (Wildman–Crippen LogP) is -1.34. The molecule has 4 heavy (non-hydrogen) atoms. The fourth-order valence-corrected chi connectivity index (χ4v) is 0. The summed E-state index contributed by atoms with van der Waals surface area (Å²) in [4.78, 5) is 0. The van der Waals surface area contributed by atoms with Crippen LogP contribution in [0, 0.1) is 0 Å². The van der Waals surface area contributed by atoms with E-state index in [4.69, 9.17) is 0 Å². The molecule has 0 aromatic heterocycles. The second kappa shape index (κ2) is 16.6. The maximum Gasteiger partial charge on any atom is 2.00 e. The van der Waals surface area contributed by atoms with Crippen LogP contribution in [0.5, 0.6) is 0 Å². The Bertz CT molecular complexity index is 11.5. The molecule has 0 saturated carbocycles. The van der Waals surface area contributed by atoms with Crippen LogP contribution in [-0.2, 0) is 51.7 Å². The van der Waals surface area contributed by atoms with E-state index < -0.39 is 0 Å². The van der Waals surface area contributed by atoms with E-state index in [0.717, 1.165) is 0 Å². The fourth-order valence-electron chi connectivity index (χ4n) is 0. The second-order valence-corrected chi connectivity index (χ2v) is 0. The van der Waals surface area contributed by atoms with Gasteiger partial charge in [-0.05, 0) is 0 Å². The minimum absolute atomic E-state index is 0. The smallest absolute Gasteiger partial charge is 1.00 e. The van der Waals surface area contributed by atoms with Gasteiger partial charge in [-0.3, -0.25) is 0 Å². The van der Waals surface area contributed by atoms with Gasteiger partial charge in [0, 0.05) is 51.7 Å². The van der Waals surface area contributed by atoms with Crippen LogP contribution in [0.1, 0.15) is 2.85 Å². The van der Waals surface area contributed by atoms with Crippen molar-refractivity contribution in [2.45, 2.75) is 0 Å². The molecule has 0 atom stereocenters. The van der Waals surface area contributed by atoms with Gasteiger partial charge in [0.25, 0.3) is 0 Å². The molecular formula is H5AlMgSc2. The molecule has 0 amide bonds. The summed E-state index contributed by atoms with van der Waals surface area (Å²) in [5.74, 6) is 0. The van der Waals surface area contributed by atoms with Crippen LogP contribution in [-0.4, -0.2) is 40.4 Å². The van der Waals surface area contributed by atoms with E-state index in [-0.39, 0.29) is 95.0 Å². The minimum atomic E-state index is 0. The van der Waals surface area contributed by atoms with Gasteiger partial charge in [-0.15, -0.1) is 0 Å².